The normalized spacial score (nSPS) is 15.0. The van der Waals surface area contributed by atoms with E-state index in [1.165, 1.54) is 7.11 Å². The summed E-state index contributed by atoms with van der Waals surface area (Å²) < 4.78 is 8.70. The number of fused-ring (bicyclic) bond motifs is 1. The first-order valence-corrected chi connectivity index (χ1v) is 12.5. The second kappa shape index (κ2) is 10.3. The number of benzene rings is 2. The van der Waals surface area contributed by atoms with E-state index in [9.17, 15) is 9.59 Å². The van der Waals surface area contributed by atoms with Crippen LogP contribution in [0.2, 0.25) is 0 Å². The van der Waals surface area contributed by atoms with Crippen molar-refractivity contribution in [3.63, 3.8) is 0 Å². The van der Waals surface area contributed by atoms with Crippen molar-refractivity contribution >= 4 is 5.97 Å². The van der Waals surface area contributed by atoms with Gasteiger partial charge in [-0.05, 0) is 52.8 Å². The fraction of sp³-hybridized carbons (Fsp3) is 0.370. The third-order valence-electron chi connectivity index (χ3n) is 6.94. The molecule has 0 spiro atoms. The number of carbonyl (C=O) groups excluding carboxylic acids is 1. The highest BCUT2D eigenvalue weighted by Gasteiger charge is 2.32. The summed E-state index contributed by atoms with van der Waals surface area (Å²) in [5, 5.41) is 14.3. The van der Waals surface area contributed by atoms with Gasteiger partial charge in [-0.3, -0.25) is 9.48 Å². The average Bonchev–Trinajstić information content (AvgIpc) is 3.55. The van der Waals surface area contributed by atoms with Crippen molar-refractivity contribution in [2.45, 2.75) is 58.0 Å². The number of hydrogen-bond acceptors (Lipinski definition) is 6. The van der Waals surface area contributed by atoms with Crippen molar-refractivity contribution in [2.24, 2.45) is 0 Å². The van der Waals surface area contributed by atoms with Crippen LogP contribution >= 0.6 is 0 Å². The first-order chi connectivity index (χ1) is 17.6. The summed E-state index contributed by atoms with van der Waals surface area (Å²) in [6.07, 6.45) is 4.84. The van der Waals surface area contributed by atoms with E-state index in [1.54, 1.807) is 4.68 Å². The lowest BCUT2D eigenvalue weighted by molar-refractivity contribution is -0.146. The molecule has 0 fully saturated rings. The third-order valence-corrected chi connectivity index (χ3v) is 6.94. The first-order valence-electron chi connectivity index (χ1n) is 12.5. The molecule has 0 bridgehead atoms. The van der Waals surface area contributed by atoms with E-state index >= 15 is 0 Å². The van der Waals surface area contributed by atoms with Gasteiger partial charge in [0.05, 0.1) is 7.11 Å². The van der Waals surface area contributed by atoms with Gasteiger partial charge in [0.15, 0.2) is 11.9 Å². The fourth-order valence-electron chi connectivity index (χ4n) is 5.14. The van der Waals surface area contributed by atoms with Gasteiger partial charge in [-0.15, -0.1) is 5.10 Å². The molecule has 5 rings (SSSR count). The van der Waals surface area contributed by atoms with E-state index in [2.05, 4.69) is 51.8 Å². The molecule has 1 aliphatic heterocycles. The Bertz CT molecular complexity index is 1400. The molecule has 2 aromatic heterocycles. The number of aromatic amines is 1. The number of rotatable bonds is 8. The Morgan fingerprint density at radius 1 is 1.14 bits per heavy atom. The molecule has 0 amide bonds. The Morgan fingerprint density at radius 2 is 1.92 bits per heavy atom. The van der Waals surface area contributed by atoms with Gasteiger partial charge >= 0.3 is 5.97 Å². The van der Waals surface area contributed by atoms with E-state index in [0.717, 1.165) is 65.7 Å². The van der Waals surface area contributed by atoms with E-state index < -0.39 is 6.04 Å². The van der Waals surface area contributed by atoms with Gasteiger partial charge in [-0.25, -0.2) is 14.6 Å². The van der Waals surface area contributed by atoms with Gasteiger partial charge in [0, 0.05) is 29.8 Å². The van der Waals surface area contributed by atoms with Gasteiger partial charge in [-0.2, -0.15) is 0 Å². The molecule has 36 heavy (non-hydrogen) atoms. The van der Waals surface area contributed by atoms with E-state index in [0.29, 0.717) is 18.7 Å². The SMILES string of the molecule is CCCCc1c(Cc2ccc(-c3ccccc3-c3nnn[nH]3)cc2)c(=O)n2n1CCCC2C(=O)OC. The number of hydrogen-bond donors (Lipinski definition) is 1. The van der Waals surface area contributed by atoms with Crippen LogP contribution in [0.5, 0.6) is 0 Å². The van der Waals surface area contributed by atoms with Crippen molar-refractivity contribution in [2.75, 3.05) is 7.11 Å². The van der Waals surface area contributed by atoms with Gasteiger partial charge in [0.1, 0.15) is 0 Å². The summed E-state index contributed by atoms with van der Waals surface area (Å²) in [4.78, 5) is 26.1. The van der Waals surface area contributed by atoms with Crippen molar-refractivity contribution in [3.8, 4) is 22.5 Å². The zero-order valence-electron chi connectivity index (χ0n) is 20.6. The van der Waals surface area contributed by atoms with Crippen LogP contribution in [0.3, 0.4) is 0 Å². The number of tetrazole rings is 1. The number of nitrogens with one attached hydrogen (secondary N) is 1. The van der Waals surface area contributed by atoms with E-state index in [-0.39, 0.29) is 11.5 Å². The molecule has 1 atom stereocenters. The molecule has 0 aliphatic carbocycles. The predicted molar refractivity (Wildman–Crippen MR) is 135 cm³/mol. The monoisotopic (exact) mass is 486 g/mol. The van der Waals surface area contributed by atoms with Crippen LogP contribution in [0.4, 0.5) is 0 Å². The second-order valence-corrected chi connectivity index (χ2v) is 9.15. The molecule has 0 saturated carbocycles. The third kappa shape index (κ3) is 4.36. The first kappa shape index (κ1) is 23.7. The summed E-state index contributed by atoms with van der Waals surface area (Å²) in [6.45, 7) is 2.89. The minimum atomic E-state index is -0.560. The highest BCUT2D eigenvalue weighted by atomic mass is 16.5. The smallest absolute Gasteiger partial charge is 0.330 e. The number of nitrogens with zero attached hydrogens (tertiary/aromatic N) is 5. The Hall–Kier alpha value is -4.01. The molecule has 9 nitrogen and oxygen atoms in total. The van der Waals surface area contributed by atoms with Gasteiger partial charge in [-0.1, -0.05) is 61.9 Å². The largest absolute Gasteiger partial charge is 0.467 e. The Labute approximate surface area is 209 Å². The molecular formula is C27H30N6O3. The molecule has 0 radical (unpaired) electrons. The highest BCUT2D eigenvalue weighted by molar-refractivity contribution is 5.80. The minimum Gasteiger partial charge on any atom is -0.467 e. The lowest BCUT2D eigenvalue weighted by Crippen LogP contribution is -2.37. The van der Waals surface area contributed by atoms with Gasteiger partial charge in [0.25, 0.3) is 5.56 Å². The summed E-state index contributed by atoms with van der Waals surface area (Å²) >= 11 is 0. The maximum atomic E-state index is 13.6. The molecule has 0 saturated heterocycles. The second-order valence-electron chi connectivity index (χ2n) is 9.15. The quantitative estimate of drug-likeness (QED) is 0.378. The molecule has 1 N–H and O–H groups in total. The number of ether oxygens (including phenoxy) is 1. The molecule has 3 heterocycles. The molecule has 9 heteroatoms. The molecule has 1 aliphatic rings. The van der Waals surface area contributed by atoms with E-state index in [1.807, 2.05) is 28.9 Å². The number of H-pyrrole nitrogens is 1. The zero-order chi connectivity index (χ0) is 25.1. The fourth-order valence-corrected chi connectivity index (χ4v) is 5.14. The maximum absolute atomic E-state index is 13.6. The highest BCUT2D eigenvalue weighted by Crippen LogP contribution is 2.30. The molecular weight excluding hydrogens is 456 g/mol. The summed E-state index contributed by atoms with van der Waals surface area (Å²) in [5.41, 5.74) is 5.77. The number of unbranched alkanes of at least 4 members (excludes halogenated alkanes) is 1. The van der Waals surface area contributed by atoms with Crippen molar-refractivity contribution in [1.82, 2.24) is 30.0 Å². The number of carbonyl (C=O) groups is 1. The number of aromatic nitrogens is 6. The lowest BCUT2D eigenvalue weighted by atomic mass is 9.96. The number of esters is 1. The summed E-state index contributed by atoms with van der Waals surface area (Å²) in [7, 11) is 1.38. The Morgan fingerprint density at radius 3 is 2.61 bits per heavy atom. The number of methoxy groups -OCH3 is 1. The average molecular weight is 487 g/mol. The molecule has 2 aromatic carbocycles. The van der Waals surface area contributed by atoms with E-state index in [4.69, 9.17) is 4.74 Å². The van der Waals surface area contributed by atoms with Crippen LogP contribution in [0.15, 0.2) is 53.3 Å². The molecule has 4 aromatic rings. The zero-order valence-corrected chi connectivity index (χ0v) is 20.6. The predicted octanol–water partition coefficient (Wildman–Crippen LogP) is 3.94. The topological polar surface area (TPSA) is 108 Å². The summed E-state index contributed by atoms with van der Waals surface area (Å²) in [5.74, 6) is 0.261. The van der Waals surface area contributed by atoms with Crippen LogP contribution in [-0.2, 0) is 28.9 Å². The van der Waals surface area contributed by atoms with Crippen molar-refractivity contribution in [3.05, 3.63) is 75.7 Å². The van der Waals surface area contributed by atoms with Crippen molar-refractivity contribution in [1.29, 1.82) is 0 Å². The molecule has 1 unspecified atom stereocenters. The van der Waals surface area contributed by atoms with Crippen molar-refractivity contribution < 1.29 is 9.53 Å². The van der Waals surface area contributed by atoms with Gasteiger partial charge < -0.3 is 4.74 Å². The Balaban J connectivity index is 1.49. The molecule has 186 valence electrons. The van der Waals surface area contributed by atoms with Crippen LogP contribution in [-0.4, -0.2) is 43.1 Å². The minimum absolute atomic E-state index is 0.0801. The van der Waals surface area contributed by atoms with Crippen LogP contribution in [0, 0.1) is 0 Å². The van der Waals surface area contributed by atoms with Crippen LogP contribution < -0.4 is 5.56 Å². The Kier molecular flexibility index (Phi) is 6.79. The lowest BCUT2D eigenvalue weighted by Gasteiger charge is -2.26. The van der Waals surface area contributed by atoms with Gasteiger partial charge in [0.2, 0.25) is 0 Å². The maximum Gasteiger partial charge on any atom is 0.330 e. The summed E-state index contributed by atoms with van der Waals surface area (Å²) in [6, 6.07) is 15.7. The van der Waals surface area contributed by atoms with Crippen LogP contribution in [0.1, 0.15) is 55.5 Å². The standard InChI is InChI=1S/C27H30N6O3/c1-3-4-10-23-22(26(34)33-24(27(35)36-2)11-7-16-32(23)33)17-18-12-14-19(15-13-18)20-8-5-6-9-21(20)25-28-30-31-29-25/h5-6,8-9,12-15,24H,3-4,7,10-11,16-17H2,1-2H3,(H,28,29,30,31). The van der Waals surface area contributed by atoms with Crippen LogP contribution in [0.25, 0.3) is 22.5 Å².